The van der Waals surface area contributed by atoms with Crippen molar-refractivity contribution >= 4 is 17.7 Å². The fourth-order valence-electron chi connectivity index (χ4n) is 4.48. The molecule has 0 radical (unpaired) electrons. The first-order valence-electron chi connectivity index (χ1n) is 10.6. The fourth-order valence-corrected chi connectivity index (χ4v) is 4.48. The smallest absolute Gasteiger partial charge is 0.433 e. The van der Waals surface area contributed by atoms with Crippen molar-refractivity contribution in [2.45, 2.75) is 63.8 Å². The summed E-state index contributed by atoms with van der Waals surface area (Å²) in [4.78, 5) is 28.9. The van der Waals surface area contributed by atoms with Gasteiger partial charge in [-0.3, -0.25) is 9.79 Å². The summed E-state index contributed by atoms with van der Waals surface area (Å²) in [6.45, 7) is 1.80. The molecule has 0 aromatic heterocycles. The minimum atomic E-state index is -4.89. The van der Waals surface area contributed by atoms with Crippen molar-refractivity contribution < 1.29 is 32.2 Å². The van der Waals surface area contributed by atoms with E-state index < -0.39 is 34.4 Å². The SMILES string of the molecule is CCOC(=O)C12CCC(N=C(C(=CN)C(=O)OCc3ccccc3)C(F)(F)F)(CC1)CC2. The topological polar surface area (TPSA) is 91.0 Å². The maximum absolute atomic E-state index is 13.9. The number of rotatable bonds is 7. The Kier molecular flexibility index (Phi) is 6.95. The summed E-state index contributed by atoms with van der Waals surface area (Å²) in [5.74, 6) is -1.48. The standard InChI is InChI=1S/C23H27F3N2O4/c1-2-31-20(30)21-8-11-22(12-9-21,13-10-21)28-18(23(24,25)26)17(14-27)19(29)32-15-16-6-4-3-5-7-16/h3-7,14H,2,8-13,15,27H2,1H3. The van der Waals surface area contributed by atoms with Crippen LogP contribution in [0.1, 0.15) is 51.0 Å². The molecule has 1 aromatic carbocycles. The van der Waals surface area contributed by atoms with Crippen LogP contribution in [0.15, 0.2) is 47.1 Å². The molecule has 0 unspecified atom stereocenters. The highest BCUT2D eigenvalue weighted by Gasteiger charge is 2.54. The van der Waals surface area contributed by atoms with E-state index in [1.54, 1.807) is 37.3 Å². The molecule has 1 aromatic rings. The van der Waals surface area contributed by atoms with Gasteiger partial charge in [0.25, 0.3) is 0 Å². The molecule has 3 aliphatic carbocycles. The molecule has 32 heavy (non-hydrogen) atoms. The Labute approximate surface area is 184 Å². The number of ether oxygens (including phenoxy) is 2. The first kappa shape index (κ1) is 23.8. The van der Waals surface area contributed by atoms with E-state index >= 15 is 0 Å². The summed E-state index contributed by atoms with van der Waals surface area (Å²) >= 11 is 0. The average molecular weight is 452 g/mol. The molecule has 2 bridgehead atoms. The van der Waals surface area contributed by atoms with Crippen molar-refractivity contribution in [3.63, 3.8) is 0 Å². The highest BCUT2D eigenvalue weighted by molar-refractivity contribution is 6.22. The second kappa shape index (κ2) is 9.34. The third kappa shape index (κ3) is 4.97. The van der Waals surface area contributed by atoms with Crippen LogP contribution in [0.2, 0.25) is 0 Å². The van der Waals surface area contributed by atoms with Crippen molar-refractivity contribution in [2.24, 2.45) is 16.1 Å². The highest BCUT2D eigenvalue weighted by atomic mass is 19.4. The Bertz CT molecular complexity index is 885. The van der Waals surface area contributed by atoms with Gasteiger partial charge in [-0.25, -0.2) is 4.79 Å². The molecule has 4 rings (SSSR count). The van der Waals surface area contributed by atoms with Crippen molar-refractivity contribution in [3.8, 4) is 0 Å². The number of nitrogens with two attached hydrogens (primary N) is 1. The van der Waals surface area contributed by atoms with Gasteiger partial charge < -0.3 is 15.2 Å². The van der Waals surface area contributed by atoms with E-state index in [0.29, 0.717) is 50.3 Å². The maximum Gasteiger partial charge on any atom is 0.433 e. The number of alkyl halides is 3. The van der Waals surface area contributed by atoms with Crippen LogP contribution < -0.4 is 5.73 Å². The van der Waals surface area contributed by atoms with E-state index in [-0.39, 0.29) is 19.2 Å². The molecule has 0 saturated heterocycles. The molecule has 3 saturated carbocycles. The molecule has 0 heterocycles. The Hall–Kier alpha value is -2.84. The minimum Gasteiger partial charge on any atom is -0.466 e. The lowest BCUT2D eigenvalue weighted by Crippen LogP contribution is -2.50. The van der Waals surface area contributed by atoms with Crippen LogP contribution in [-0.2, 0) is 25.7 Å². The Morgan fingerprint density at radius 3 is 2.16 bits per heavy atom. The zero-order valence-corrected chi connectivity index (χ0v) is 17.9. The van der Waals surface area contributed by atoms with Gasteiger partial charge in [0, 0.05) is 6.20 Å². The number of hydrogen-bond donors (Lipinski definition) is 1. The van der Waals surface area contributed by atoms with Crippen molar-refractivity contribution in [3.05, 3.63) is 47.7 Å². The van der Waals surface area contributed by atoms with Gasteiger partial charge in [-0.2, -0.15) is 13.2 Å². The summed E-state index contributed by atoms with van der Waals surface area (Å²) in [5, 5.41) is 0. The summed E-state index contributed by atoms with van der Waals surface area (Å²) in [6.07, 6.45) is -2.15. The van der Waals surface area contributed by atoms with Crippen LogP contribution in [0.5, 0.6) is 0 Å². The van der Waals surface area contributed by atoms with Gasteiger partial charge in [0.05, 0.1) is 17.6 Å². The van der Waals surface area contributed by atoms with Gasteiger partial charge in [0.15, 0.2) is 5.71 Å². The highest BCUT2D eigenvalue weighted by Crippen LogP contribution is 2.55. The van der Waals surface area contributed by atoms with Gasteiger partial charge in [-0.15, -0.1) is 0 Å². The normalized spacial score (nSPS) is 26.0. The average Bonchev–Trinajstić information content (AvgIpc) is 2.79. The first-order chi connectivity index (χ1) is 15.1. The van der Waals surface area contributed by atoms with E-state index in [1.807, 2.05) is 0 Å². The van der Waals surface area contributed by atoms with Gasteiger partial charge >= 0.3 is 18.1 Å². The predicted octanol–water partition coefficient (Wildman–Crippen LogP) is 4.23. The summed E-state index contributed by atoms with van der Waals surface area (Å²) in [6, 6.07) is 8.61. The van der Waals surface area contributed by atoms with Crippen LogP contribution in [0.3, 0.4) is 0 Å². The third-order valence-corrected chi connectivity index (χ3v) is 6.39. The number of carbonyl (C=O) groups is 2. The van der Waals surface area contributed by atoms with Crippen LogP contribution >= 0.6 is 0 Å². The zero-order chi connectivity index (χ0) is 23.4. The van der Waals surface area contributed by atoms with Gasteiger partial charge in [0.2, 0.25) is 0 Å². The van der Waals surface area contributed by atoms with E-state index in [4.69, 9.17) is 15.2 Å². The molecule has 3 aliphatic rings. The van der Waals surface area contributed by atoms with E-state index in [9.17, 15) is 22.8 Å². The molecule has 0 spiro atoms. The van der Waals surface area contributed by atoms with Gasteiger partial charge in [-0.05, 0) is 51.0 Å². The van der Waals surface area contributed by atoms with E-state index in [2.05, 4.69) is 4.99 Å². The van der Waals surface area contributed by atoms with Crippen LogP contribution in [-0.4, -0.2) is 36.0 Å². The van der Waals surface area contributed by atoms with Crippen LogP contribution in [0.25, 0.3) is 0 Å². The number of fused-ring (bicyclic) bond motifs is 3. The number of carbonyl (C=O) groups excluding carboxylic acids is 2. The fraction of sp³-hybridized carbons (Fsp3) is 0.522. The van der Waals surface area contributed by atoms with Crippen LogP contribution in [0, 0.1) is 5.41 Å². The Balaban J connectivity index is 1.80. The van der Waals surface area contributed by atoms with E-state index in [0.717, 1.165) is 0 Å². The Morgan fingerprint density at radius 2 is 1.66 bits per heavy atom. The van der Waals surface area contributed by atoms with Crippen molar-refractivity contribution in [2.75, 3.05) is 6.61 Å². The molecule has 6 nitrogen and oxygen atoms in total. The van der Waals surface area contributed by atoms with Crippen molar-refractivity contribution in [1.29, 1.82) is 0 Å². The lowest BCUT2D eigenvalue weighted by Gasteiger charge is -2.50. The number of hydrogen-bond acceptors (Lipinski definition) is 6. The number of esters is 2. The molecule has 9 heteroatoms. The molecule has 3 fully saturated rings. The zero-order valence-electron chi connectivity index (χ0n) is 17.9. The number of benzene rings is 1. The van der Waals surface area contributed by atoms with E-state index in [1.165, 1.54) is 0 Å². The second-order valence-corrected chi connectivity index (χ2v) is 8.33. The summed E-state index contributed by atoms with van der Waals surface area (Å²) in [7, 11) is 0. The molecule has 0 atom stereocenters. The quantitative estimate of drug-likeness (QED) is 0.380. The largest absolute Gasteiger partial charge is 0.466 e. The second-order valence-electron chi connectivity index (χ2n) is 8.33. The van der Waals surface area contributed by atoms with Crippen LogP contribution in [0.4, 0.5) is 13.2 Å². The van der Waals surface area contributed by atoms with Crippen molar-refractivity contribution in [1.82, 2.24) is 0 Å². The molecular formula is C23H27F3N2O4. The maximum atomic E-state index is 13.9. The molecule has 174 valence electrons. The molecule has 2 N–H and O–H groups in total. The Morgan fingerprint density at radius 1 is 1.06 bits per heavy atom. The number of aliphatic imine (C=N–C) groups is 1. The predicted molar refractivity (Wildman–Crippen MR) is 111 cm³/mol. The molecular weight excluding hydrogens is 425 g/mol. The van der Waals surface area contributed by atoms with Gasteiger partial charge in [-0.1, -0.05) is 30.3 Å². The molecule has 0 aliphatic heterocycles. The third-order valence-electron chi connectivity index (χ3n) is 6.39. The monoisotopic (exact) mass is 452 g/mol. The summed E-state index contributed by atoms with van der Waals surface area (Å²) < 4.78 is 52.1. The van der Waals surface area contributed by atoms with Gasteiger partial charge in [0.1, 0.15) is 12.2 Å². The first-order valence-corrected chi connectivity index (χ1v) is 10.6. The number of nitrogens with zero attached hydrogens (tertiary/aromatic N) is 1. The summed E-state index contributed by atoms with van der Waals surface area (Å²) in [5.41, 5.74) is 2.29. The molecule has 0 amide bonds. The lowest BCUT2D eigenvalue weighted by atomic mass is 9.57. The minimum absolute atomic E-state index is 0.185. The lowest BCUT2D eigenvalue weighted by molar-refractivity contribution is -0.162. The number of halogens is 3.